The van der Waals surface area contributed by atoms with Gasteiger partial charge < -0.3 is 10.2 Å². The largest absolute Gasteiger partial charge is 0.346 e. The van der Waals surface area contributed by atoms with E-state index in [2.05, 4.69) is 36.2 Å². The molecule has 1 saturated heterocycles. The summed E-state index contributed by atoms with van der Waals surface area (Å²) in [4.78, 5) is 14.7. The highest BCUT2D eigenvalue weighted by molar-refractivity contribution is 7.88. The number of aryl methyl sites for hydroxylation is 2. The molecule has 7 heteroatoms. The van der Waals surface area contributed by atoms with Gasteiger partial charge in [0.2, 0.25) is 10.0 Å². The van der Waals surface area contributed by atoms with Gasteiger partial charge in [-0.3, -0.25) is 4.79 Å². The summed E-state index contributed by atoms with van der Waals surface area (Å²) < 4.78 is 26.9. The van der Waals surface area contributed by atoms with Gasteiger partial charge in [0, 0.05) is 31.7 Å². The van der Waals surface area contributed by atoms with E-state index in [1.807, 2.05) is 20.0 Å². The molecule has 1 aliphatic heterocycles. The van der Waals surface area contributed by atoms with Crippen LogP contribution >= 0.6 is 0 Å². The average Bonchev–Trinajstić information content (AvgIpc) is 2.70. The highest BCUT2D eigenvalue weighted by Gasteiger charge is 2.25. The molecular weight excluding hydrogens is 398 g/mol. The van der Waals surface area contributed by atoms with E-state index < -0.39 is 10.0 Å². The lowest BCUT2D eigenvalue weighted by molar-refractivity contribution is 0.0940. The number of amides is 1. The lowest BCUT2D eigenvalue weighted by atomic mass is 10.0. The van der Waals surface area contributed by atoms with Crippen molar-refractivity contribution in [1.29, 1.82) is 0 Å². The van der Waals surface area contributed by atoms with Gasteiger partial charge in [0.25, 0.3) is 5.91 Å². The molecule has 1 amide bonds. The van der Waals surface area contributed by atoms with Crippen LogP contribution in [0, 0.1) is 13.8 Å². The summed E-state index contributed by atoms with van der Waals surface area (Å²) in [7, 11) is -1.35. The van der Waals surface area contributed by atoms with E-state index in [-0.39, 0.29) is 17.7 Å². The summed E-state index contributed by atoms with van der Waals surface area (Å²) >= 11 is 0. The number of nitrogens with zero attached hydrogens (tertiary/aromatic N) is 2. The minimum absolute atomic E-state index is 0.0440. The third-order valence-corrected chi connectivity index (χ3v) is 7.65. The molecule has 0 radical (unpaired) electrons. The molecule has 6 nitrogen and oxygen atoms in total. The molecule has 0 bridgehead atoms. The van der Waals surface area contributed by atoms with Crippen LogP contribution in [0.3, 0.4) is 0 Å². The maximum atomic E-state index is 12.7. The Hall–Kier alpha value is -2.22. The molecule has 1 aliphatic rings. The third-order valence-electron chi connectivity index (χ3n) is 5.80. The van der Waals surface area contributed by atoms with Crippen LogP contribution in [0.5, 0.6) is 0 Å². The summed E-state index contributed by atoms with van der Waals surface area (Å²) in [6, 6.07) is 12.9. The number of rotatable bonds is 6. The van der Waals surface area contributed by atoms with Crippen molar-refractivity contribution in [3.8, 4) is 0 Å². The van der Waals surface area contributed by atoms with Gasteiger partial charge in [-0.05, 0) is 62.2 Å². The summed E-state index contributed by atoms with van der Waals surface area (Å²) in [5, 5.41) is 3.01. The van der Waals surface area contributed by atoms with Crippen LogP contribution in [0.15, 0.2) is 42.5 Å². The topological polar surface area (TPSA) is 69.7 Å². The second-order valence-electron chi connectivity index (χ2n) is 8.19. The molecule has 1 fully saturated rings. The Balaban J connectivity index is 1.61. The Morgan fingerprint density at radius 3 is 2.23 bits per heavy atom. The van der Waals surface area contributed by atoms with E-state index >= 15 is 0 Å². The van der Waals surface area contributed by atoms with E-state index in [1.54, 1.807) is 28.6 Å². The fourth-order valence-corrected chi connectivity index (χ4v) is 5.03. The number of hydrogen-bond acceptors (Lipinski definition) is 4. The maximum absolute atomic E-state index is 12.7. The third kappa shape index (κ3) is 5.47. The summed E-state index contributed by atoms with van der Waals surface area (Å²) in [5.41, 5.74) is 4.68. The number of likely N-dealkylation sites (N-methyl/N-ethyl adjacent to an activating group) is 1. The number of sulfonamides is 1. The zero-order valence-electron chi connectivity index (χ0n) is 18.2. The molecule has 0 aliphatic carbocycles. The monoisotopic (exact) mass is 429 g/mol. The molecule has 1 N–H and O–H groups in total. The molecule has 2 aromatic carbocycles. The van der Waals surface area contributed by atoms with Crippen LogP contribution in [0.2, 0.25) is 0 Å². The van der Waals surface area contributed by atoms with Crippen LogP contribution in [-0.4, -0.2) is 56.8 Å². The standard InChI is InChI=1S/C23H31N3O3S/c1-17-5-8-22(15-18(17)2)19(3)24-23(27)21-9-6-20(7-10-21)16-30(28,29)26-13-11-25(4)12-14-26/h5-10,15,19H,11-14,16H2,1-4H3,(H,24,27)/t19-/m0/s1. The number of benzene rings is 2. The molecule has 0 spiro atoms. The predicted molar refractivity (Wildman–Crippen MR) is 120 cm³/mol. The highest BCUT2D eigenvalue weighted by atomic mass is 32.2. The minimum Gasteiger partial charge on any atom is -0.346 e. The maximum Gasteiger partial charge on any atom is 0.251 e. The van der Waals surface area contributed by atoms with Crippen molar-refractivity contribution in [2.24, 2.45) is 0 Å². The highest BCUT2D eigenvalue weighted by Crippen LogP contribution is 2.18. The van der Waals surface area contributed by atoms with Crippen LogP contribution in [0.4, 0.5) is 0 Å². The molecular formula is C23H31N3O3S. The van der Waals surface area contributed by atoms with Gasteiger partial charge in [0.15, 0.2) is 0 Å². The van der Waals surface area contributed by atoms with Gasteiger partial charge in [-0.15, -0.1) is 0 Å². The van der Waals surface area contributed by atoms with E-state index in [9.17, 15) is 13.2 Å². The second kappa shape index (κ2) is 9.29. The number of nitrogens with one attached hydrogen (secondary N) is 1. The van der Waals surface area contributed by atoms with Crippen LogP contribution in [0.1, 0.15) is 45.6 Å². The van der Waals surface area contributed by atoms with Crippen molar-refractivity contribution in [2.45, 2.75) is 32.6 Å². The first-order valence-electron chi connectivity index (χ1n) is 10.3. The summed E-state index contributed by atoms with van der Waals surface area (Å²) in [5.74, 6) is -0.216. The first kappa shape index (κ1) is 22.5. The number of carbonyl (C=O) groups excluding carboxylic acids is 1. The first-order valence-corrected chi connectivity index (χ1v) is 11.9. The quantitative estimate of drug-likeness (QED) is 0.767. The summed E-state index contributed by atoms with van der Waals surface area (Å²) in [6.07, 6.45) is 0. The van der Waals surface area contributed by atoms with Crippen molar-refractivity contribution in [3.63, 3.8) is 0 Å². The Kier molecular flexibility index (Phi) is 6.95. The Morgan fingerprint density at radius 1 is 1.00 bits per heavy atom. The molecule has 1 atom stereocenters. The van der Waals surface area contributed by atoms with E-state index in [0.717, 1.165) is 18.7 Å². The molecule has 1 heterocycles. The zero-order chi connectivity index (χ0) is 21.9. The van der Waals surface area contributed by atoms with Crippen molar-refractivity contribution in [1.82, 2.24) is 14.5 Å². The fraction of sp³-hybridized carbons (Fsp3) is 0.435. The van der Waals surface area contributed by atoms with Gasteiger partial charge >= 0.3 is 0 Å². The van der Waals surface area contributed by atoms with Crippen molar-refractivity contribution in [3.05, 3.63) is 70.3 Å². The SMILES string of the molecule is Cc1ccc([C@H](C)NC(=O)c2ccc(CS(=O)(=O)N3CCN(C)CC3)cc2)cc1C. The normalized spacial score (nSPS) is 16.9. The minimum atomic E-state index is -3.35. The smallest absolute Gasteiger partial charge is 0.251 e. The predicted octanol–water partition coefficient (Wildman–Crippen LogP) is 2.87. The van der Waals surface area contributed by atoms with E-state index in [4.69, 9.17) is 0 Å². The Morgan fingerprint density at radius 2 is 1.63 bits per heavy atom. The van der Waals surface area contributed by atoms with E-state index in [0.29, 0.717) is 24.2 Å². The van der Waals surface area contributed by atoms with Gasteiger partial charge in [-0.2, -0.15) is 4.31 Å². The zero-order valence-corrected chi connectivity index (χ0v) is 19.0. The van der Waals surface area contributed by atoms with Crippen molar-refractivity contribution >= 4 is 15.9 Å². The van der Waals surface area contributed by atoms with Crippen LogP contribution < -0.4 is 5.32 Å². The molecule has 0 unspecified atom stereocenters. The second-order valence-corrected chi connectivity index (χ2v) is 10.2. The number of carbonyl (C=O) groups is 1. The lowest BCUT2D eigenvalue weighted by Gasteiger charge is -2.31. The molecule has 0 saturated carbocycles. The van der Waals surface area contributed by atoms with E-state index in [1.165, 1.54) is 11.1 Å². The molecule has 3 rings (SSSR count). The fourth-order valence-electron chi connectivity index (χ4n) is 3.52. The molecule has 162 valence electrons. The van der Waals surface area contributed by atoms with Crippen LogP contribution in [0.25, 0.3) is 0 Å². The summed E-state index contributed by atoms with van der Waals surface area (Å²) in [6.45, 7) is 8.62. The number of hydrogen-bond donors (Lipinski definition) is 1. The first-order chi connectivity index (χ1) is 14.2. The Labute approximate surface area is 179 Å². The van der Waals surface area contributed by atoms with Gasteiger partial charge in [-0.25, -0.2) is 8.42 Å². The van der Waals surface area contributed by atoms with Gasteiger partial charge in [0.05, 0.1) is 11.8 Å². The number of piperazine rings is 1. The van der Waals surface area contributed by atoms with Crippen molar-refractivity contribution in [2.75, 3.05) is 33.2 Å². The lowest BCUT2D eigenvalue weighted by Crippen LogP contribution is -2.47. The van der Waals surface area contributed by atoms with Crippen molar-refractivity contribution < 1.29 is 13.2 Å². The average molecular weight is 430 g/mol. The Bertz CT molecular complexity index is 995. The molecule has 2 aromatic rings. The van der Waals surface area contributed by atoms with Crippen LogP contribution in [-0.2, 0) is 15.8 Å². The molecule has 30 heavy (non-hydrogen) atoms. The molecule has 0 aromatic heterocycles. The van der Waals surface area contributed by atoms with Gasteiger partial charge in [-0.1, -0.05) is 30.3 Å². The van der Waals surface area contributed by atoms with Gasteiger partial charge in [0.1, 0.15) is 0 Å².